The van der Waals surface area contributed by atoms with Gasteiger partial charge in [-0.05, 0) is 6.42 Å². The second kappa shape index (κ2) is 13.8. The Morgan fingerprint density at radius 2 is 1.25 bits per heavy atom. The van der Waals surface area contributed by atoms with Crippen LogP contribution in [0.1, 0.15) is 25.7 Å². The summed E-state index contributed by atoms with van der Waals surface area (Å²) in [6.45, 7) is 0. The van der Waals surface area contributed by atoms with Gasteiger partial charge in [0, 0.05) is 12.2 Å². The number of carbonyl (C=O) groups is 7. The second-order valence-corrected chi connectivity index (χ2v) is 6.95. The predicted molar refractivity (Wildman–Crippen MR) is 110 cm³/mol. The number of hydrogen-bond donors (Lipinski definition) is 9. The van der Waals surface area contributed by atoms with E-state index >= 15 is 0 Å². The highest BCUT2D eigenvalue weighted by Crippen LogP contribution is 2.01. The van der Waals surface area contributed by atoms with E-state index in [1.165, 1.54) is 0 Å². The maximum Gasteiger partial charge on any atom is 0.326 e. The minimum Gasteiger partial charge on any atom is -0.481 e. The molecular formula is C16H26N6O9S. The first kappa shape index (κ1) is 28.6. The van der Waals surface area contributed by atoms with Gasteiger partial charge in [-0.2, -0.15) is 12.6 Å². The van der Waals surface area contributed by atoms with Crippen molar-refractivity contribution in [3.63, 3.8) is 0 Å². The fourth-order valence-electron chi connectivity index (χ4n) is 2.23. The first-order valence-corrected chi connectivity index (χ1v) is 9.70. The van der Waals surface area contributed by atoms with Crippen LogP contribution in [0.4, 0.5) is 0 Å². The molecule has 0 saturated carbocycles. The highest BCUT2D eigenvalue weighted by molar-refractivity contribution is 7.80. The van der Waals surface area contributed by atoms with Crippen LogP contribution in [0.15, 0.2) is 0 Å². The molecule has 11 N–H and O–H groups in total. The summed E-state index contributed by atoms with van der Waals surface area (Å²) in [6, 6.07) is -6.04. The number of thiol groups is 1. The molecular weight excluding hydrogens is 452 g/mol. The summed E-state index contributed by atoms with van der Waals surface area (Å²) in [5, 5.41) is 24.3. The van der Waals surface area contributed by atoms with Crippen molar-refractivity contribution in [1.82, 2.24) is 16.0 Å². The Bertz CT molecular complexity index is 762. The molecule has 0 aliphatic carbocycles. The molecule has 0 aliphatic heterocycles. The Labute approximate surface area is 187 Å². The smallest absolute Gasteiger partial charge is 0.326 e. The van der Waals surface area contributed by atoms with Gasteiger partial charge in [0.2, 0.25) is 29.5 Å². The summed E-state index contributed by atoms with van der Waals surface area (Å²) in [5.41, 5.74) is 15.5. The summed E-state index contributed by atoms with van der Waals surface area (Å²) in [4.78, 5) is 80.8. The first-order chi connectivity index (χ1) is 14.8. The van der Waals surface area contributed by atoms with Crippen LogP contribution >= 0.6 is 12.6 Å². The van der Waals surface area contributed by atoms with Gasteiger partial charge in [0.15, 0.2) is 0 Å². The molecule has 0 aliphatic rings. The van der Waals surface area contributed by atoms with Crippen LogP contribution in [0.3, 0.4) is 0 Å². The monoisotopic (exact) mass is 478 g/mol. The molecule has 0 aromatic carbocycles. The van der Waals surface area contributed by atoms with Gasteiger partial charge in [-0.15, -0.1) is 0 Å². The molecule has 4 atom stereocenters. The Balaban J connectivity index is 5.27. The molecule has 4 unspecified atom stereocenters. The molecule has 15 nitrogen and oxygen atoms in total. The number of rotatable bonds is 15. The van der Waals surface area contributed by atoms with Crippen molar-refractivity contribution in [3.05, 3.63) is 0 Å². The van der Waals surface area contributed by atoms with Gasteiger partial charge in [-0.3, -0.25) is 28.8 Å². The molecule has 16 heteroatoms. The lowest BCUT2D eigenvalue weighted by Crippen LogP contribution is -2.58. The van der Waals surface area contributed by atoms with E-state index in [1.807, 2.05) is 5.32 Å². The minimum absolute atomic E-state index is 0.0947. The normalized spacial score (nSPS) is 14.2. The zero-order valence-corrected chi connectivity index (χ0v) is 17.7. The SMILES string of the molecule is NC(=O)CCC(N)C(=O)NC(CS)C(=O)NC(CC(=O)O)C(=O)NC(CC(N)=O)C(=O)O. The molecule has 32 heavy (non-hydrogen) atoms. The third kappa shape index (κ3) is 11.1. The van der Waals surface area contributed by atoms with Crippen LogP contribution in [0, 0.1) is 0 Å². The van der Waals surface area contributed by atoms with Gasteiger partial charge in [-0.1, -0.05) is 0 Å². The van der Waals surface area contributed by atoms with Gasteiger partial charge in [0.1, 0.15) is 18.1 Å². The largest absolute Gasteiger partial charge is 0.481 e. The van der Waals surface area contributed by atoms with Gasteiger partial charge >= 0.3 is 11.9 Å². The molecule has 5 amide bonds. The summed E-state index contributed by atoms with van der Waals surface area (Å²) in [5.74, 6) is -8.17. The van der Waals surface area contributed by atoms with Crippen LogP contribution in [-0.4, -0.2) is 81.6 Å². The summed E-state index contributed by atoms with van der Waals surface area (Å²) in [7, 11) is 0. The molecule has 0 fully saturated rings. The third-order valence-electron chi connectivity index (χ3n) is 3.89. The number of amides is 5. The zero-order valence-electron chi connectivity index (χ0n) is 16.8. The van der Waals surface area contributed by atoms with Crippen molar-refractivity contribution in [3.8, 4) is 0 Å². The highest BCUT2D eigenvalue weighted by atomic mass is 32.1. The maximum absolute atomic E-state index is 12.4. The number of nitrogens with two attached hydrogens (primary N) is 3. The van der Waals surface area contributed by atoms with E-state index in [1.54, 1.807) is 0 Å². The first-order valence-electron chi connectivity index (χ1n) is 9.07. The standard InChI is InChI=1S/C16H26N6O9S/c17-6(1-2-10(18)23)13(27)22-9(5-32)15(29)20-7(4-12(25)26)14(28)21-8(16(30)31)3-11(19)24/h6-9,32H,1-5,17H2,(H2,18,23)(H2,19,24)(H,20,29)(H,21,28)(H,22,27)(H,25,26)(H,30,31). The lowest BCUT2D eigenvalue weighted by atomic mass is 10.1. The van der Waals surface area contributed by atoms with E-state index in [9.17, 15) is 33.6 Å². The number of carboxylic acids is 2. The number of primary amides is 2. The van der Waals surface area contributed by atoms with Gasteiger partial charge in [0.25, 0.3) is 0 Å². The highest BCUT2D eigenvalue weighted by Gasteiger charge is 2.31. The van der Waals surface area contributed by atoms with Crippen molar-refractivity contribution in [1.29, 1.82) is 0 Å². The van der Waals surface area contributed by atoms with Crippen molar-refractivity contribution < 1.29 is 43.8 Å². The van der Waals surface area contributed by atoms with Crippen molar-refractivity contribution >= 4 is 54.1 Å². The van der Waals surface area contributed by atoms with E-state index < -0.39 is 78.5 Å². The number of nitrogens with one attached hydrogen (secondary N) is 3. The molecule has 0 saturated heterocycles. The number of carbonyl (C=O) groups excluding carboxylic acids is 5. The maximum atomic E-state index is 12.4. The van der Waals surface area contributed by atoms with Crippen LogP contribution in [-0.2, 0) is 33.6 Å². The Morgan fingerprint density at radius 1 is 0.750 bits per heavy atom. The fraction of sp³-hybridized carbons (Fsp3) is 0.562. The third-order valence-corrected chi connectivity index (χ3v) is 4.25. The quantitative estimate of drug-likeness (QED) is 0.102. The van der Waals surface area contributed by atoms with Crippen molar-refractivity contribution in [2.45, 2.75) is 49.9 Å². The Kier molecular flexibility index (Phi) is 12.3. The van der Waals surface area contributed by atoms with E-state index in [-0.39, 0.29) is 18.6 Å². The van der Waals surface area contributed by atoms with Crippen molar-refractivity contribution in [2.24, 2.45) is 17.2 Å². The van der Waals surface area contributed by atoms with Crippen LogP contribution in [0.25, 0.3) is 0 Å². The molecule has 0 heterocycles. The number of hydrogen-bond acceptors (Lipinski definition) is 9. The topological polar surface area (TPSA) is 274 Å². The minimum atomic E-state index is -1.75. The lowest BCUT2D eigenvalue weighted by Gasteiger charge is -2.23. The van der Waals surface area contributed by atoms with Crippen LogP contribution < -0.4 is 33.2 Å². The number of aliphatic carboxylic acids is 2. The number of carboxylic acid groups (broad SMARTS) is 2. The zero-order chi connectivity index (χ0) is 25.0. The van der Waals surface area contributed by atoms with E-state index in [2.05, 4.69) is 23.3 Å². The van der Waals surface area contributed by atoms with E-state index in [4.69, 9.17) is 27.4 Å². The van der Waals surface area contributed by atoms with Gasteiger partial charge < -0.3 is 43.4 Å². The molecule has 0 radical (unpaired) electrons. The second-order valence-electron chi connectivity index (χ2n) is 6.58. The lowest BCUT2D eigenvalue weighted by molar-refractivity contribution is -0.144. The van der Waals surface area contributed by atoms with Gasteiger partial charge in [-0.25, -0.2) is 4.79 Å². The van der Waals surface area contributed by atoms with Crippen LogP contribution in [0.2, 0.25) is 0 Å². The molecule has 0 bridgehead atoms. The van der Waals surface area contributed by atoms with E-state index in [0.717, 1.165) is 0 Å². The van der Waals surface area contributed by atoms with E-state index in [0.29, 0.717) is 0 Å². The summed E-state index contributed by atoms with van der Waals surface area (Å²) < 4.78 is 0. The molecule has 0 rings (SSSR count). The average molecular weight is 478 g/mol. The summed E-state index contributed by atoms with van der Waals surface area (Å²) in [6.07, 6.45) is -1.98. The molecule has 0 aromatic heterocycles. The van der Waals surface area contributed by atoms with Crippen molar-refractivity contribution in [2.75, 3.05) is 5.75 Å². The molecule has 0 spiro atoms. The fourth-order valence-corrected chi connectivity index (χ4v) is 2.49. The molecule has 180 valence electrons. The Morgan fingerprint density at radius 3 is 1.69 bits per heavy atom. The molecule has 0 aromatic rings. The summed E-state index contributed by atoms with van der Waals surface area (Å²) >= 11 is 3.91. The predicted octanol–water partition coefficient (Wildman–Crippen LogP) is -4.60. The Hall–Kier alpha value is -3.40. The average Bonchev–Trinajstić information content (AvgIpc) is 2.67. The van der Waals surface area contributed by atoms with Gasteiger partial charge in [0.05, 0.1) is 18.9 Å². The van der Waals surface area contributed by atoms with Crippen LogP contribution in [0.5, 0.6) is 0 Å².